The molecule has 2 aromatic rings. The Labute approximate surface area is 188 Å². The first kappa shape index (κ1) is 24.0. The smallest absolute Gasteiger partial charge is 0.243 e. The molecule has 1 heterocycles. The van der Waals surface area contributed by atoms with Gasteiger partial charge in [0.25, 0.3) is 0 Å². The number of hydrogen-bond donors (Lipinski definition) is 1. The van der Waals surface area contributed by atoms with Crippen LogP contribution < -0.4 is 14.8 Å². The number of methoxy groups -OCH3 is 2. The zero-order valence-corrected chi connectivity index (χ0v) is 19.3. The number of rotatable bonds is 8. The van der Waals surface area contributed by atoms with E-state index in [9.17, 15) is 17.6 Å². The molecule has 0 aliphatic carbocycles. The first-order valence-electron chi connectivity index (χ1n) is 10.6. The van der Waals surface area contributed by atoms with Crippen LogP contribution in [-0.2, 0) is 14.8 Å². The molecule has 0 aromatic heterocycles. The summed E-state index contributed by atoms with van der Waals surface area (Å²) in [6, 6.07) is 10.2. The van der Waals surface area contributed by atoms with E-state index >= 15 is 0 Å². The molecule has 3 rings (SSSR count). The largest absolute Gasteiger partial charge is 0.493 e. The van der Waals surface area contributed by atoms with Gasteiger partial charge in [-0.05, 0) is 61.2 Å². The fourth-order valence-electron chi connectivity index (χ4n) is 3.89. The van der Waals surface area contributed by atoms with Gasteiger partial charge in [-0.25, -0.2) is 12.8 Å². The first-order valence-corrected chi connectivity index (χ1v) is 12.0. The lowest BCUT2D eigenvalue weighted by Crippen LogP contribution is -2.43. The van der Waals surface area contributed by atoms with Crippen LogP contribution in [0.4, 0.5) is 4.39 Å². The minimum absolute atomic E-state index is 0.0568. The van der Waals surface area contributed by atoms with Gasteiger partial charge in [0.2, 0.25) is 15.9 Å². The molecule has 0 unspecified atom stereocenters. The second-order valence-corrected chi connectivity index (χ2v) is 9.65. The van der Waals surface area contributed by atoms with E-state index in [2.05, 4.69) is 5.32 Å². The van der Waals surface area contributed by atoms with Crippen LogP contribution in [0.15, 0.2) is 47.4 Å². The van der Waals surface area contributed by atoms with E-state index in [1.165, 1.54) is 16.4 Å². The van der Waals surface area contributed by atoms with Gasteiger partial charge in [0.15, 0.2) is 11.5 Å². The zero-order chi connectivity index (χ0) is 23.3. The van der Waals surface area contributed by atoms with Gasteiger partial charge in [0.1, 0.15) is 5.82 Å². The van der Waals surface area contributed by atoms with Crippen LogP contribution in [0.2, 0.25) is 0 Å². The molecule has 174 valence electrons. The number of halogens is 1. The fourth-order valence-corrected chi connectivity index (χ4v) is 5.36. The number of benzene rings is 2. The third-order valence-corrected chi connectivity index (χ3v) is 7.72. The molecule has 1 saturated heterocycles. The summed E-state index contributed by atoms with van der Waals surface area (Å²) in [4.78, 5) is 13.0. The first-order chi connectivity index (χ1) is 15.3. The van der Waals surface area contributed by atoms with Gasteiger partial charge >= 0.3 is 0 Å². The van der Waals surface area contributed by atoms with Crippen LogP contribution in [0.3, 0.4) is 0 Å². The van der Waals surface area contributed by atoms with E-state index in [1.54, 1.807) is 14.2 Å². The van der Waals surface area contributed by atoms with E-state index in [1.807, 2.05) is 25.1 Å². The molecule has 1 aliphatic rings. The number of piperidine rings is 1. The van der Waals surface area contributed by atoms with Crippen LogP contribution >= 0.6 is 0 Å². The van der Waals surface area contributed by atoms with Gasteiger partial charge in [-0.1, -0.05) is 13.0 Å². The molecule has 1 amide bonds. The average Bonchev–Trinajstić information content (AvgIpc) is 2.82. The Hall–Kier alpha value is -2.65. The van der Waals surface area contributed by atoms with Crippen molar-refractivity contribution in [1.29, 1.82) is 0 Å². The number of sulfonamides is 1. The minimum atomic E-state index is -3.70. The molecule has 2 aromatic carbocycles. The highest BCUT2D eigenvalue weighted by molar-refractivity contribution is 7.89. The van der Waals surface area contributed by atoms with Crippen molar-refractivity contribution in [2.75, 3.05) is 27.3 Å². The number of carbonyl (C=O) groups excluding carboxylic acids is 1. The summed E-state index contributed by atoms with van der Waals surface area (Å²) in [5.74, 6) is 0.359. The molecular weight excluding hydrogens is 435 g/mol. The maximum absolute atomic E-state index is 13.1. The monoisotopic (exact) mass is 464 g/mol. The van der Waals surface area contributed by atoms with Crippen LogP contribution in [0.25, 0.3) is 0 Å². The molecule has 1 N–H and O–H groups in total. The molecule has 1 aliphatic heterocycles. The van der Waals surface area contributed by atoms with Crippen LogP contribution in [0.5, 0.6) is 11.5 Å². The predicted molar refractivity (Wildman–Crippen MR) is 119 cm³/mol. The van der Waals surface area contributed by atoms with Crippen molar-refractivity contribution in [3.8, 4) is 11.5 Å². The summed E-state index contributed by atoms with van der Waals surface area (Å²) >= 11 is 0. The highest BCUT2D eigenvalue weighted by Crippen LogP contribution is 2.31. The lowest BCUT2D eigenvalue weighted by molar-refractivity contribution is -0.126. The third-order valence-electron chi connectivity index (χ3n) is 5.81. The molecule has 0 spiro atoms. The van der Waals surface area contributed by atoms with Gasteiger partial charge in [0, 0.05) is 19.0 Å². The lowest BCUT2D eigenvalue weighted by atomic mass is 9.95. The summed E-state index contributed by atoms with van der Waals surface area (Å²) in [7, 11) is -0.571. The Bertz CT molecular complexity index is 1030. The van der Waals surface area contributed by atoms with Gasteiger partial charge < -0.3 is 14.8 Å². The molecule has 0 bridgehead atoms. The van der Waals surface area contributed by atoms with Gasteiger partial charge in [-0.2, -0.15) is 4.31 Å². The Kier molecular flexibility index (Phi) is 7.73. The normalized spacial score (nSPS) is 16.4. The van der Waals surface area contributed by atoms with Crippen molar-refractivity contribution in [3.05, 3.63) is 53.8 Å². The summed E-state index contributed by atoms with van der Waals surface area (Å²) in [6.07, 6.45) is 1.54. The zero-order valence-electron chi connectivity index (χ0n) is 18.5. The van der Waals surface area contributed by atoms with Crippen molar-refractivity contribution in [2.45, 2.75) is 37.1 Å². The predicted octanol–water partition coefficient (Wildman–Crippen LogP) is 3.51. The van der Waals surface area contributed by atoms with Crippen LogP contribution in [0.1, 0.15) is 37.8 Å². The fraction of sp³-hybridized carbons (Fsp3) is 0.435. The summed E-state index contributed by atoms with van der Waals surface area (Å²) in [5, 5.41) is 3.09. The van der Waals surface area contributed by atoms with Crippen molar-refractivity contribution in [1.82, 2.24) is 9.62 Å². The Balaban J connectivity index is 1.63. The molecule has 9 heteroatoms. The van der Waals surface area contributed by atoms with Gasteiger partial charge in [0.05, 0.1) is 25.2 Å². The molecule has 1 fully saturated rings. The van der Waals surface area contributed by atoms with Gasteiger partial charge in [-0.3, -0.25) is 4.79 Å². The van der Waals surface area contributed by atoms with E-state index in [4.69, 9.17) is 9.47 Å². The number of hydrogen-bond acceptors (Lipinski definition) is 5. The molecule has 32 heavy (non-hydrogen) atoms. The lowest BCUT2D eigenvalue weighted by Gasteiger charge is -2.31. The second kappa shape index (κ2) is 10.3. The van der Waals surface area contributed by atoms with E-state index in [0.29, 0.717) is 30.8 Å². The highest BCUT2D eigenvalue weighted by Gasteiger charge is 2.32. The summed E-state index contributed by atoms with van der Waals surface area (Å²) in [6.45, 7) is 2.47. The number of ether oxygens (including phenoxy) is 2. The Morgan fingerprint density at radius 2 is 1.72 bits per heavy atom. The second-order valence-electron chi connectivity index (χ2n) is 7.72. The molecule has 1 atom stereocenters. The quantitative estimate of drug-likeness (QED) is 0.646. The van der Waals surface area contributed by atoms with E-state index in [0.717, 1.165) is 17.7 Å². The topological polar surface area (TPSA) is 84.9 Å². The third kappa shape index (κ3) is 5.21. The molecule has 0 saturated carbocycles. The molecular formula is C23H29FN2O5S. The van der Waals surface area contributed by atoms with Crippen molar-refractivity contribution in [2.24, 2.45) is 5.92 Å². The number of carbonyl (C=O) groups is 1. The van der Waals surface area contributed by atoms with Crippen LogP contribution in [-0.4, -0.2) is 45.9 Å². The SMILES string of the molecule is CC[C@H](NC(=O)C1CCN(S(=O)(=O)c2ccc(F)cc2)CC1)c1ccc(OC)c(OC)c1. The maximum atomic E-state index is 13.1. The standard InChI is InChI=1S/C23H29FN2O5S/c1-4-20(17-5-10-21(30-2)22(15-17)31-3)25-23(27)16-11-13-26(14-12-16)32(28,29)19-8-6-18(24)7-9-19/h5-10,15-16,20H,4,11-14H2,1-3H3,(H,25,27)/t20-/m0/s1. The molecule has 0 radical (unpaired) electrons. The van der Waals surface area contributed by atoms with Gasteiger partial charge in [-0.15, -0.1) is 0 Å². The minimum Gasteiger partial charge on any atom is -0.493 e. The maximum Gasteiger partial charge on any atom is 0.243 e. The Morgan fingerprint density at radius 1 is 1.09 bits per heavy atom. The highest BCUT2D eigenvalue weighted by atomic mass is 32.2. The summed E-state index contributed by atoms with van der Waals surface area (Å²) < 4.78 is 50.7. The van der Waals surface area contributed by atoms with Crippen LogP contribution in [0, 0.1) is 11.7 Å². The summed E-state index contributed by atoms with van der Waals surface area (Å²) in [5.41, 5.74) is 0.912. The van der Waals surface area contributed by atoms with E-state index < -0.39 is 15.8 Å². The number of amides is 1. The average molecular weight is 465 g/mol. The molecule has 7 nitrogen and oxygen atoms in total. The van der Waals surface area contributed by atoms with Crippen molar-refractivity contribution < 1.29 is 27.1 Å². The van der Waals surface area contributed by atoms with Crippen molar-refractivity contribution >= 4 is 15.9 Å². The number of nitrogens with zero attached hydrogens (tertiary/aromatic N) is 1. The van der Waals surface area contributed by atoms with Crippen molar-refractivity contribution in [3.63, 3.8) is 0 Å². The van der Waals surface area contributed by atoms with E-state index in [-0.39, 0.29) is 35.9 Å². The Morgan fingerprint density at radius 3 is 2.28 bits per heavy atom. The number of nitrogens with one attached hydrogen (secondary N) is 1.